The Bertz CT molecular complexity index is 1980. The number of fused-ring (bicyclic) bond motifs is 10. The zero-order valence-corrected chi connectivity index (χ0v) is 19.7. The first-order valence-corrected chi connectivity index (χ1v) is 12.2. The lowest BCUT2D eigenvalue weighted by molar-refractivity contribution is 0.661. The third kappa shape index (κ3) is 2.34. The van der Waals surface area contributed by atoms with Crippen molar-refractivity contribution in [3.8, 4) is 16.8 Å². The van der Waals surface area contributed by atoms with E-state index >= 15 is 0 Å². The van der Waals surface area contributed by atoms with Crippen LogP contribution < -0.4 is 0 Å². The molecule has 0 amide bonds. The molecular weight excluding hydrogens is 426 g/mol. The highest BCUT2D eigenvalue weighted by Gasteiger charge is 2.37. The SMILES string of the molecule is CC1(C)c2ccccc2-c2c1ccc1c2c2ccccc2n1-c1ccc2oc3ccccc3c2c1. The van der Waals surface area contributed by atoms with Crippen molar-refractivity contribution < 1.29 is 4.42 Å². The Labute approximate surface area is 203 Å². The normalized spacial score (nSPS) is 14.2. The molecule has 8 rings (SSSR count). The van der Waals surface area contributed by atoms with Crippen LogP contribution in [0.2, 0.25) is 0 Å². The zero-order valence-electron chi connectivity index (χ0n) is 19.7. The highest BCUT2D eigenvalue weighted by molar-refractivity contribution is 6.18. The summed E-state index contributed by atoms with van der Waals surface area (Å²) in [5.41, 5.74) is 11.0. The first-order valence-electron chi connectivity index (χ1n) is 12.2. The molecule has 7 aromatic rings. The van der Waals surface area contributed by atoms with Gasteiger partial charge in [0.2, 0.25) is 0 Å². The van der Waals surface area contributed by atoms with E-state index in [2.05, 4.69) is 109 Å². The summed E-state index contributed by atoms with van der Waals surface area (Å²) in [6, 6.07) is 37.2. The van der Waals surface area contributed by atoms with E-state index in [0.717, 1.165) is 27.6 Å². The lowest BCUT2D eigenvalue weighted by atomic mass is 9.82. The maximum Gasteiger partial charge on any atom is 0.135 e. The van der Waals surface area contributed by atoms with Crippen molar-refractivity contribution in [1.29, 1.82) is 0 Å². The predicted molar refractivity (Wildman–Crippen MR) is 146 cm³/mol. The summed E-state index contributed by atoms with van der Waals surface area (Å²) in [5.74, 6) is 0. The van der Waals surface area contributed by atoms with Crippen LogP contribution in [-0.4, -0.2) is 4.57 Å². The van der Waals surface area contributed by atoms with Crippen molar-refractivity contribution >= 4 is 43.7 Å². The molecule has 0 bridgehead atoms. The van der Waals surface area contributed by atoms with E-state index in [-0.39, 0.29) is 5.41 Å². The van der Waals surface area contributed by atoms with Gasteiger partial charge in [0, 0.05) is 32.6 Å². The molecule has 0 N–H and O–H groups in total. The number of benzene rings is 5. The second-order valence-corrected chi connectivity index (χ2v) is 10.2. The summed E-state index contributed by atoms with van der Waals surface area (Å²) >= 11 is 0. The van der Waals surface area contributed by atoms with Gasteiger partial charge in [-0.1, -0.05) is 80.6 Å². The number of nitrogens with zero attached hydrogens (tertiary/aromatic N) is 1. The molecule has 2 heterocycles. The highest BCUT2D eigenvalue weighted by atomic mass is 16.3. The lowest BCUT2D eigenvalue weighted by Gasteiger charge is -2.21. The molecule has 0 aliphatic heterocycles. The molecule has 0 saturated heterocycles. The average Bonchev–Trinajstić information content (AvgIpc) is 3.50. The molecule has 2 nitrogen and oxygen atoms in total. The van der Waals surface area contributed by atoms with E-state index in [4.69, 9.17) is 4.42 Å². The number of furan rings is 1. The minimum absolute atomic E-state index is 0.0159. The van der Waals surface area contributed by atoms with E-state index in [1.165, 1.54) is 44.1 Å². The molecule has 0 saturated carbocycles. The first-order chi connectivity index (χ1) is 17.1. The summed E-state index contributed by atoms with van der Waals surface area (Å²) in [4.78, 5) is 0. The second-order valence-electron chi connectivity index (χ2n) is 10.2. The summed E-state index contributed by atoms with van der Waals surface area (Å²) in [7, 11) is 0. The van der Waals surface area contributed by atoms with Crippen LogP contribution >= 0.6 is 0 Å². The van der Waals surface area contributed by atoms with Gasteiger partial charge in [-0.05, 0) is 58.7 Å². The van der Waals surface area contributed by atoms with E-state index in [1.54, 1.807) is 0 Å². The Morgan fingerprint density at radius 3 is 2.26 bits per heavy atom. The monoisotopic (exact) mass is 449 g/mol. The topological polar surface area (TPSA) is 18.1 Å². The Morgan fingerprint density at radius 2 is 1.34 bits per heavy atom. The Morgan fingerprint density at radius 1 is 0.600 bits per heavy atom. The summed E-state index contributed by atoms with van der Waals surface area (Å²) in [6.45, 7) is 4.70. The largest absolute Gasteiger partial charge is 0.456 e. The van der Waals surface area contributed by atoms with Crippen molar-refractivity contribution in [1.82, 2.24) is 4.57 Å². The first kappa shape index (κ1) is 19.1. The third-order valence-electron chi connectivity index (χ3n) is 8.00. The number of rotatable bonds is 1. The minimum atomic E-state index is -0.0159. The smallest absolute Gasteiger partial charge is 0.135 e. The van der Waals surface area contributed by atoms with Crippen LogP contribution in [0.5, 0.6) is 0 Å². The van der Waals surface area contributed by atoms with Crippen molar-refractivity contribution in [2.24, 2.45) is 0 Å². The molecule has 0 radical (unpaired) electrons. The fourth-order valence-corrected chi connectivity index (χ4v) is 6.38. The quantitative estimate of drug-likeness (QED) is 0.244. The van der Waals surface area contributed by atoms with Crippen LogP contribution in [-0.2, 0) is 5.41 Å². The predicted octanol–water partition coefficient (Wildman–Crippen LogP) is 8.99. The molecule has 0 unspecified atom stereocenters. The van der Waals surface area contributed by atoms with E-state index in [1.807, 2.05) is 12.1 Å². The molecule has 0 spiro atoms. The van der Waals surface area contributed by atoms with Gasteiger partial charge >= 0.3 is 0 Å². The van der Waals surface area contributed by atoms with Gasteiger partial charge in [0.1, 0.15) is 11.2 Å². The van der Waals surface area contributed by atoms with Gasteiger partial charge in [0.15, 0.2) is 0 Å². The Hall–Kier alpha value is -4.30. The molecule has 0 fully saturated rings. The Balaban J connectivity index is 1.52. The second kappa shape index (κ2) is 6.43. The molecule has 1 aliphatic rings. The van der Waals surface area contributed by atoms with Crippen LogP contribution in [0.3, 0.4) is 0 Å². The fourth-order valence-electron chi connectivity index (χ4n) is 6.38. The number of para-hydroxylation sites is 2. The van der Waals surface area contributed by atoms with E-state index in [9.17, 15) is 0 Å². The van der Waals surface area contributed by atoms with Crippen molar-refractivity contribution in [3.05, 3.63) is 114 Å². The third-order valence-corrected chi connectivity index (χ3v) is 8.00. The molecule has 166 valence electrons. The standard InChI is InChI=1S/C33H23NO/c1-33(2)25-12-6-3-10-22(25)31-26(33)16-17-28-32(31)23-11-4-7-13-27(23)34(28)20-15-18-30-24(19-20)21-9-5-8-14-29(21)35-30/h3-19H,1-2H3. The lowest BCUT2D eigenvalue weighted by Crippen LogP contribution is -2.14. The van der Waals surface area contributed by atoms with Gasteiger partial charge < -0.3 is 8.98 Å². The summed E-state index contributed by atoms with van der Waals surface area (Å²) in [5, 5.41) is 4.94. The Kier molecular flexibility index (Phi) is 3.50. The maximum atomic E-state index is 6.11. The van der Waals surface area contributed by atoms with Gasteiger partial charge in [0.05, 0.1) is 11.0 Å². The molecule has 5 aromatic carbocycles. The van der Waals surface area contributed by atoms with Crippen LogP contribution in [0.1, 0.15) is 25.0 Å². The summed E-state index contributed by atoms with van der Waals surface area (Å²) < 4.78 is 8.53. The van der Waals surface area contributed by atoms with Crippen LogP contribution in [0, 0.1) is 0 Å². The van der Waals surface area contributed by atoms with Gasteiger partial charge in [-0.3, -0.25) is 0 Å². The maximum absolute atomic E-state index is 6.11. The molecule has 2 aromatic heterocycles. The zero-order chi connectivity index (χ0) is 23.3. The molecule has 1 aliphatic carbocycles. The van der Waals surface area contributed by atoms with E-state index in [0.29, 0.717) is 0 Å². The van der Waals surface area contributed by atoms with Crippen LogP contribution in [0.4, 0.5) is 0 Å². The van der Waals surface area contributed by atoms with Crippen molar-refractivity contribution in [2.75, 3.05) is 0 Å². The van der Waals surface area contributed by atoms with Crippen LogP contribution in [0.25, 0.3) is 60.6 Å². The van der Waals surface area contributed by atoms with Crippen LogP contribution in [0.15, 0.2) is 108 Å². The van der Waals surface area contributed by atoms with Gasteiger partial charge in [-0.2, -0.15) is 0 Å². The average molecular weight is 450 g/mol. The number of hydrogen-bond acceptors (Lipinski definition) is 1. The van der Waals surface area contributed by atoms with Gasteiger partial charge in [0.25, 0.3) is 0 Å². The number of hydrogen-bond donors (Lipinski definition) is 0. The van der Waals surface area contributed by atoms with Crippen molar-refractivity contribution in [3.63, 3.8) is 0 Å². The summed E-state index contributed by atoms with van der Waals surface area (Å²) in [6.07, 6.45) is 0. The molecular formula is C33H23NO. The van der Waals surface area contributed by atoms with Gasteiger partial charge in [-0.15, -0.1) is 0 Å². The molecule has 35 heavy (non-hydrogen) atoms. The minimum Gasteiger partial charge on any atom is -0.456 e. The number of aromatic nitrogens is 1. The molecule has 2 heteroatoms. The highest BCUT2D eigenvalue weighted by Crippen LogP contribution is 2.53. The molecule has 0 atom stereocenters. The van der Waals surface area contributed by atoms with E-state index < -0.39 is 0 Å². The van der Waals surface area contributed by atoms with Gasteiger partial charge in [-0.25, -0.2) is 0 Å². The fraction of sp³-hybridized carbons (Fsp3) is 0.0909. The van der Waals surface area contributed by atoms with Crippen molar-refractivity contribution in [2.45, 2.75) is 19.3 Å².